The minimum Gasteiger partial charge on any atom is -0.399 e. The lowest BCUT2D eigenvalue weighted by Gasteiger charge is -2.13. The van der Waals surface area contributed by atoms with Gasteiger partial charge in [0.05, 0.1) is 10.5 Å². The second kappa shape index (κ2) is 3.72. The van der Waals surface area contributed by atoms with E-state index in [0.29, 0.717) is 5.69 Å². The van der Waals surface area contributed by atoms with Crippen LogP contribution in [-0.4, -0.2) is 14.0 Å². The normalized spacial score (nSPS) is 17.4. The lowest BCUT2D eigenvalue weighted by molar-refractivity contribution is 0.558. The zero-order chi connectivity index (χ0) is 12.7. The number of sulfonamides is 1. The fraction of sp³-hybridized carbons (Fsp3) is 0.364. The SMILES string of the molecule is CC1(NS(=O)(=O)c2ccc(N)cc2C#N)CC1. The molecule has 0 spiro atoms. The fourth-order valence-electron chi connectivity index (χ4n) is 1.54. The molecule has 0 aliphatic heterocycles. The van der Waals surface area contributed by atoms with Crippen molar-refractivity contribution in [3.63, 3.8) is 0 Å². The number of nitrogen functional groups attached to an aromatic ring is 1. The molecular formula is C11H13N3O2S. The third kappa shape index (κ3) is 2.40. The molecule has 1 fully saturated rings. The lowest BCUT2D eigenvalue weighted by atomic mass is 10.2. The van der Waals surface area contributed by atoms with Gasteiger partial charge >= 0.3 is 0 Å². The summed E-state index contributed by atoms with van der Waals surface area (Å²) in [5, 5.41) is 8.92. The Morgan fingerprint density at radius 3 is 2.65 bits per heavy atom. The first-order chi connectivity index (χ1) is 7.86. The minimum atomic E-state index is -3.64. The summed E-state index contributed by atoms with van der Waals surface area (Å²) in [5.74, 6) is 0. The van der Waals surface area contributed by atoms with E-state index in [1.165, 1.54) is 18.2 Å². The van der Waals surface area contributed by atoms with Crippen molar-refractivity contribution in [2.45, 2.75) is 30.2 Å². The highest BCUT2D eigenvalue weighted by Crippen LogP contribution is 2.36. The summed E-state index contributed by atoms with van der Waals surface area (Å²) < 4.78 is 26.7. The first-order valence-electron chi connectivity index (χ1n) is 5.20. The van der Waals surface area contributed by atoms with Gasteiger partial charge in [0, 0.05) is 11.2 Å². The summed E-state index contributed by atoms with van der Waals surface area (Å²) in [5.41, 5.74) is 5.61. The van der Waals surface area contributed by atoms with Crippen LogP contribution < -0.4 is 10.5 Å². The fourth-order valence-corrected chi connectivity index (χ4v) is 3.14. The minimum absolute atomic E-state index is 0.0117. The van der Waals surface area contributed by atoms with E-state index in [0.717, 1.165) is 12.8 Å². The molecule has 0 heterocycles. The van der Waals surface area contributed by atoms with E-state index in [1.54, 1.807) is 0 Å². The number of hydrogen-bond donors (Lipinski definition) is 2. The van der Waals surface area contributed by atoms with Gasteiger partial charge in [0.1, 0.15) is 6.07 Å². The van der Waals surface area contributed by atoms with Crippen LogP contribution in [0.2, 0.25) is 0 Å². The van der Waals surface area contributed by atoms with E-state index in [2.05, 4.69) is 4.72 Å². The standard InChI is InChI=1S/C11H13N3O2S/c1-11(4-5-11)14-17(15,16)10-3-2-9(13)6-8(10)7-12/h2-3,6,14H,4-5,13H2,1H3. The van der Waals surface area contributed by atoms with Crippen LogP contribution in [0.4, 0.5) is 5.69 Å². The first-order valence-corrected chi connectivity index (χ1v) is 6.68. The van der Waals surface area contributed by atoms with Crippen LogP contribution in [-0.2, 0) is 10.0 Å². The number of hydrogen-bond acceptors (Lipinski definition) is 4. The highest BCUT2D eigenvalue weighted by atomic mass is 32.2. The summed E-state index contributed by atoms with van der Waals surface area (Å²) in [6.45, 7) is 1.84. The van der Waals surface area contributed by atoms with E-state index in [-0.39, 0.29) is 16.0 Å². The Kier molecular flexibility index (Phi) is 2.60. The molecule has 0 amide bonds. The van der Waals surface area contributed by atoms with Gasteiger partial charge in [0.25, 0.3) is 0 Å². The number of benzene rings is 1. The molecule has 0 radical (unpaired) electrons. The maximum atomic E-state index is 12.1. The molecule has 0 atom stereocenters. The molecule has 1 aliphatic rings. The number of nitriles is 1. The van der Waals surface area contributed by atoms with Crippen molar-refractivity contribution in [3.8, 4) is 6.07 Å². The van der Waals surface area contributed by atoms with Gasteiger partial charge in [-0.05, 0) is 38.0 Å². The molecule has 1 saturated carbocycles. The average molecular weight is 251 g/mol. The number of nitrogens with two attached hydrogens (primary N) is 1. The Balaban J connectivity index is 2.43. The van der Waals surface area contributed by atoms with Crippen LogP contribution in [0.3, 0.4) is 0 Å². The zero-order valence-corrected chi connectivity index (χ0v) is 10.2. The van der Waals surface area contributed by atoms with Crippen LogP contribution in [0.15, 0.2) is 23.1 Å². The van der Waals surface area contributed by atoms with Crippen LogP contribution in [0.5, 0.6) is 0 Å². The molecule has 5 nitrogen and oxygen atoms in total. The topological polar surface area (TPSA) is 96.0 Å². The van der Waals surface area contributed by atoms with Crippen molar-refractivity contribution in [1.82, 2.24) is 4.72 Å². The molecule has 0 bridgehead atoms. The van der Waals surface area contributed by atoms with Crippen LogP contribution in [0.25, 0.3) is 0 Å². The van der Waals surface area contributed by atoms with Crippen molar-refractivity contribution in [2.24, 2.45) is 0 Å². The van der Waals surface area contributed by atoms with Crippen LogP contribution in [0.1, 0.15) is 25.3 Å². The molecule has 0 aromatic heterocycles. The van der Waals surface area contributed by atoms with E-state index in [4.69, 9.17) is 11.0 Å². The predicted molar refractivity (Wildman–Crippen MR) is 63.5 cm³/mol. The number of rotatable bonds is 3. The van der Waals surface area contributed by atoms with Gasteiger partial charge in [-0.15, -0.1) is 0 Å². The number of anilines is 1. The maximum Gasteiger partial charge on any atom is 0.242 e. The number of nitrogens with one attached hydrogen (secondary N) is 1. The lowest BCUT2D eigenvalue weighted by Crippen LogP contribution is -2.34. The van der Waals surface area contributed by atoms with Gasteiger partial charge in [-0.25, -0.2) is 13.1 Å². The van der Waals surface area contributed by atoms with Crippen molar-refractivity contribution in [1.29, 1.82) is 5.26 Å². The predicted octanol–water partition coefficient (Wildman–Crippen LogP) is 0.971. The molecule has 90 valence electrons. The molecular weight excluding hydrogens is 238 g/mol. The van der Waals surface area contributed by atoms with E-state index in [1.807, 2.05) is 13.0 Å². The molecule has 1 aliphatic carbocycles. The number of nitrogens with zero attached hydrogens (tertiary/aromatic N) is 1. The van der Waals surface area contributed by atoms with Crippen LogP contribution >= 0.6 is 0 Å². The van der Waals surface area contributed by atoms with Gasteiger partial charge in [-0.3, -0.25) is 0 Å². The Hall–Kier alpha value is -1.58. The maximum absolute atomic E-state index is 12.1. The highest BCUT2D eigenvalue weighted by molar-refractivity contribution is 7.89. The van der Waals surface area contributed by atoms with Crippen LogP contribution in [0, 0.1) is 11.3 Å². The molecule has 3 N–H and O–H groups in total. The molecule has 0 unspecified atom stereocenters. The van der Waals surface area contributed by atoms with Crippen molar-refractivity contribution < 1.29 is 8.42 Å². The van der Waals surface area contributed by atoms with E-state index in [9.17, 15) is 8.42 Å². The van der Waals surface area contributed by atoms with Gasteiger partial charge < -0.3 is 5.73 Å². The summed E-state index contributed by atoms with van der Waals surface area (Å²) in [6.07, 6.45) is 1.65. The molecule has 1 aromatic carbocycles. The average Bonchev–Trinajstić information content (AvgIpc) is 2.94. The van der Waals surface area contributed by atoms with Gasteiger partial charge in [0.2, 0.25) is 10.0 Å². The highest BCUT2D eigenvalue weighted by Gasteiger charge is 2.41. The van der Waals surface area contributed by atoms with Crippen molar-refractivity contribution in [2.75, 3.05) is 5.73 Å². The van der Waals surface area contributed by atoms with Gasteiger partial charge in [-0.1, -0.05) is 0 Å². The second-order valence-corrected chi connectivity index (χ2v) is 6.18. The molecule has 6 heteroatoms. The molecule has 17 heavy (non-hydrogen) atoms. The van der Waals surface area contributed by atoms with E-state index >= 15 is 0 Å². The van der Waals surface area contributed by atoms with Gasteiger partial charge in [0.15, 0.2) is 0 Å². The Morgan fingerprint density at radius 2 is 2.12 bits per heavy atom. The summed E-state index contributed by atoms with van der Waals surface area (Å²) in [4.78, 5) is -0.0117. The molecule has 1 aromatic rings. The Morgan fingerprint density at radius 1 is 1.47 bits per heavy atom. The summed E-state index contributed by atoms with van der Waals surface area (Å²) in [7, 11) is -3.64. The third-order valence-electron chi connectivity index (χ3n) is 2.79. The van der Waals surface area contributed by atoms with Crippen molar-refractivity contribution in [3.05, 3.63) is 23.8 Å². The first kappa shape index (κ1) is 11.9. The molecule has 2 rings (SSSR count). The largest absolute Gasteiger partial charge is 0.399 e. The third-order valence-corrected chi connectivity index (χ3v) is 4.49. The summed E-state index contributed by atoms with van der Waals surface area (Å²) in [6, 6.07) is 6.05. The molecule has 0 saturated heterocycles. The van der Waals surface area contributed by atoms with Crippen molar-refractivity contribution >= 4 is 15.7 Å². The second-order valence-electron chi connectivity index (χ2n) is 4.53. The summed E-state index contributed by atoms with van der Waals surface area (Å²) >= 11 is 0. The monoisotopic (exact) mass is 251 g/mol. The quantitative estimate of drug-likeness (QED) is 0.782. The van der Waals surface area contributed by atoms with Gasteiger partial charge in [-0.2, -0.15) is 5.26 Å². The Bertz CT molecular complexity index is 598. The Labute approximate surface area is 100 Å². The zero-order valence-electron chi connectivity index (χ0n) is 9.40. The van der Waals surface area contributed by atoms with E-state index < -0.39 is 10.0 Å². The smallest absolute Gasteiger partial charge is 0.242 e.